The number of benzene rings is 3. The first-order valence-electron chi connectivity index (χ1n) is 11.3. The van der Waals surface area contributed by atoms with Crippen molar-refractivity contribution in [2.24, 2.45) is 0 Å². The fourth-order valence-electron chi connectivity index (χ4n) is 4.44. The molecule has 0 radical (unpaired) electrons. The van der Waals surface area contributed by atoms with Gasteiger partial charge in [-0.1, -0.05) is 60.7 Å². The fourth-order valence-corrected chi connectivity index (χ4v) is 4.44. The lowest BCUT2D eigenvalue weighted by atomic mass is 9.88. The normalized spacial score (nSPS) is 15.0. The van der Waals surface area contributed by atoms with Gasteiger partial charge in [-0.25, -0.2) is 0 Å². The highest BCUT2D eigenvalue weighted by Gasteiger charge is 2.23. The molecule has 0 aromatic heterocycles. The van der Waals surface area contributed by atoms with E-state index in [4.69, 9.17) is 0 Å². The summed E-state index contributed by atoms with van der Waals surface area (Å²) in [5.41, 5.74) is 3.05. The molecule has 3 aromatic rings. The van der Waals surface area contributed by atoms with Gasteiger partial charge in [-0.05, 0) is 55.1 Å². The Morgan fingerprint density at radius 1 is 0.875 bits per heavy atom. The van der Waals surface area contributed by atoms with E-state index in [1.165, 1.54) is 29.3 Å². The maximum Gasteiger partial charge on any atom is 0.251 e. The van der Waals surface area contributed by atoms with Crippen molar-refractivity contribution >= 4 is 5.91 Å². The van der Waals surface area contributed by atoms with Crippen LogP contribution in [0.15, 0.2) is 78.9 Å². The van der Waals surface area contributed by atoms with Crippen LogP contribution in [0.3, 0.4) is 0 Å². The minimum atomic E-state index is -0.279. The molecule has 1 fully saturated rings. The quantitative estimate of drug-likeness (QED) is 0.482. The first-order chi connectivity index (χ1) is 15.6. The smallest absolute Gasteiger partial charge is 0.251 e. The number of amides is 1. The van der Waals surface area contributed by atoms with Crippen molar-refractivity contribution in [2.75, 3.05) is 19.6 Å². The monoisotopic (exact) mass is 430 g/mol. The van der Waals surface area contributed by atoms with Gasteiger partial charge in [0.25, 0.3) is 5.91 Å². The van der Waals surface area contributed by atoms with E-state index in [2.05, 4.69) is 70.9 Å². The molecule has 0 unspecified atom stereocenters. The first kappa shape index (κ1) is 21.9. The summed E-state index contributed by atoms with van der Waals surface area (Å²) in [4.78, 5) is 14.9. The van der Waals surface area contributed by atoms with E-state index in [0.29, 0.717) is 11.5 Å². The highest BCUT2D eigenvalue weighted by atomic mass is 16.3. The summed E-state index contributed by atoms with van der Waals surface area (Å²) in [7, 11) is 0. The Labute approximate surface area is 189 Å². The number of nitrogens with zero attached hydrogens (tertiary/aromatic N) is 1. The molecule has 1 amide bonds. The lowest BCUT2D eigenvalue weighted by Crippen LogP contribution is -2.45. The molecule has 0 bridgehead atoms. The van der Waals surface area contributed by atoms with Crippen molar-refractivity contribution in [3.63, 3.8) is 0 Å². The highest BCUT2D eigenvalue weighted by Crippen LogP contribution is 2.29. The van der Waals surface area contributed by atoms with Crippen LogP contribution in [0, 0.1) is 0 Å². The number of hydrogen-bond donors (Lipinski definition) is 3. The van der Waals surface area contributed by atoms with Gasteiger partial charge in [0, 0.05) is 30.6 Å². The fraction of sp³-hybridized carbons (Fsp3) is 0.296. The van der Waals surface area contributed by atoms with E-state index in [9.17, 15) is 15.0 Å². The first-order valence-corrected chi connectivity index (χ1v) is 11.3. The number of phenolic OH excluding ortho intramolecular Hbond substituents is 2. The van der Waals surface area contributed by atoms with Crippen molar-refractivity contribution in [3.05, 3.63) is 95.6 Å². The summed E-state index contributed by atoms with van der Waals surface area (Å²) in [5.74, 6) is -0.345. The number of aromatic hydroxyl groups is 2. The van der Waals surface area contributed by atoms with E-state index in [1.54, 1.807) is 0 Å². The van der Waals surface area contributed by atoms with Gasteiger partial charge < -0.3 is 20.4 Å². The van der Waals surface area contributed by atoms with Crippen LogP contribution in [0.25, 0.3) is 0 Å². The van der Waals surface area contributed by atoms with Crippen molar-refractivity contribution in [1.82, 2.24) is 10.2 Å². The second kappa shape index (κ2) is 10.3. The molecule has 0 aliphatic carbocycles. The molecule has 0 atom stereocenters. The minimum absolute atomic E-state index is 0.119. The van der Waals surface area contributed by atoms with Gasteiger partial charge in [-0.2, -0.15) is 0 Å². The van der Waals surface area contributed by atoms with Crippen molar-refractivity contribution in [1.29, 1.82) is 0 Å². The maximum atomic E-state index is 12.5. The van der Waals surface area contributed by atoms with Gasteiger partial charge in [0.2, 0.25) is 0 Å². The molecular formula is C27H30N2O3. The molecule has 1 saturated heterocycles. The maximum absolute atomic E-state index is 12.5. The lowest BCUT2D eigenvalue weighted by molar-refractivity contribution is 0.0910. The Morgan fingerprint density at radius 3 is 2.03 bits per heavy atom. The molecule has 1 heterocycles. The Balaban J connectivity index is 1.30. The average molecular weight is 431 g/mol. The zero-order chi connectivity index (χ0) is 22.3. The summed E-state index contributed by atoms with van der Waals surface area (Å²) in [6.45, 7) is 2.91. The average Bonchev–Trinajstić information content (AvgIpc) is 2.83. The van der Waals surface area contributed by atoms with Gasteiger partial charge >= 0.3 is 0 Å². The zero-order valence-corrected chi connectivity index (χ0v) is 18.2. The SMILES string of the molecule is O=C(NC1CCN(CCC(c2ccccc2)c2ccccc2)CC1)c1ccc(O)c(O)c1. The van der Waals surface area contributed by atoms with Crippen LogP contribution in [0.2, 0.25) is 0 Å². The number of carbonyl (C=O) groups is 1. The van der Waals surface area contributed by atoms with Crippen LogP contribution in [-0.4, -0.2) is 46.7 Å². The Hall–Kier alpha value is -3.31. The highest BCUT2D eigenvalue weighted by molar-refractivity contribution is 5.95. The Morgan fingerprint density at radius 2 is 1.47 bits per heavy atom. The van der Waals surface area contributed by atoms with Crippen LogP contribution in [0.5, 0.6) is 11.5 Å². The number of nitrogens with one attached hydrogen (secondary N) is 1. The lowest BCUT2D eigenvalue weighted by Gasteiger charge is -2.33. The van der Waals surface area contributed by atoms with Gasteiger partial charge in [0.15, 0.2) is 11.5 Å². The third-order valence-corrected chi connectivity index (χ3v) is 6.30. The second-order valence-electron chi connectivity index (χ2n) is 8.46. The molecule has 1 aliphatic heterocycles. The van der Waals surface area contributed by atoms with E-state index >= 15 is 0 Å². The van der Waals surface area contributed by atoms with Crippen molar-refractivity contribution in [2.45, 2.75) is 31.2 Å². The van der Waals surface area contributed by atoms with Crippen LogP contribution in [0.4, 0.5) is 0 Å². The molecule has 1 aliphatic rings. The van der Waals surface area contributed by atoms with E-state index < -0.39 is 0 Å². The molecule has 0 saturated carbocycles. The molecule has 0 spiro atoms. The van der Waals surface area contributed by atoms with Crippen molar-refractivity contribution < 1.29 is 15.0 Å². The number of likely N-dealkylation sites (tertiary alicyclic amines) is 1. The van der Waals surface area contributed by atoms with Crippen LogP contribution >= 0.6 is 0 Å². The van der Waals surface area contributed by atoms with Crippen LogP contribution in [0.1, 0.15) is 46.7 Å². The number of phenols is 2. The zero-order valence-electron chi connectivity index (χ0n) is 18.2. The second-order valence-corrected chi connectivity index (χ2v) is 8.46. The predicted molar refractivity (Wildman–Crippen MR) is 126 cm³/mol. The van der Waals surface area contributed by atoms with Crippen molar-refractivity contribution in [3.8, 4) is 11.5 Å². The summed E-state index contributed by atoms with van der Waals surface area (Å²) in [6, 6.07) is 25.6. The standard InChI is InChI=1S/C27H30N2O3/c30-25-12-11-22(19-26(25)31)27(32)28-23-13-16-29(17-14-23)18-15-24(20-7-3-1-4-8-20)21-9-5-2-6-10-21/h1-12,19,23-24,30-31H,13-18H2,(H,28,32). The molecular weight excluding hydrogens is 400 g/mol. The van der Waals surface area contributed by atoms with Gasteiger partial charge in [0.05, 0.1) is 0 Å². The summed E-state index contributed by atoms with van der Waals surface area (Å²) >= 11 is 0. The summed E-state index contributed by atoms with van der Waals surface area (Å²) in [6.07, 6.45) is 2.85. The van der Waals surface area contributed by atoms with Crippen LogP contribution < -0.4 is 5.32 Å². The predicted octanol–water partition coefficient (Wildman–Crippen LogP) is 4.51. The molecule has 3 N–H and O–H groups in total. The van der Waals surface area contributed by atoms with Crippen LogP contribution in [-0.2, 0) is 0 Å². The topological polar surface area (TPSA) is 72.8 Å². The molecule has 3 aromatic carbocycles. The van der Waals surface area contributed by atoms with Gasteiger partial charge in [0.1, 0.15) is 0 Å². The number of carbonyl (C=O) groups excluding carboxylic acids is 1. The number of piperidine rings is 1. The van der Waals surface area contributed by atoms with Gasteiger partial charge in [-0.3, -0.25) is 4.79 Å². The molecule has 5 nitrogen and oxygen atoms in total. The van der Waals surface area contributed by atoms with Gasteiger partial charge in [-0.15, -0.1) is 0 Å². The Bertz CT molecular complexity index is 976. The van der Waals surface area contributed by atoms with E-state index in [-0.39, 0.29) is 23.4 Å². The van der Waals surface area contributed by atoms with E-state index in [0.717, 1.165) is 38.9 Å². The Kier molecular flexibility index (Phi) is 7.07. The summed E-state index contributed by atoms with van der Waals surface area (Å²) in [5, 5.41) is 22.1. The van der Waals surface area contributed by atoms with E-state index in [1.807, 2.05) is 0 Å². The molecule has 4 rings (SSSR count). The largest absolute Gasteiger partial charge is 0.504 e. The third kappa shape index (κ3) is 5.48. The third-order valence-electron chi connectivity index (χ3n) is 6.30. The molecule has 5 heteroatoms. The summed E-state index contributed by atoms with van der Waals surface area (Å²) < 4.78 is 0. The minimum Gasteiger partial charge on any atom is -0.504 e. The molecule has 32 heavy (non-hydrogen) atoms. The molecule has 166 valence electrons. The number of rotatable bonds is 7. The number of hydrogen-bond acceptors (Lipinski definition) is 4.